The van der Waals surface area contributed by atoms with Crippen molar-refractivity contribution < 1.29 is 4.74 Å². The molecule has 0 unspecified atom stereocenters. The van der Waals surface area contributed by atoms with Crippen molar-refractivity contribution in [1.29, 1.82) is 0 Å². The minimum absolute atomic E-state index is 0.682. The van der Waals surface area contributed by atoms with Crippen LogP contribution in [-0.4, -0.2) is 32.1 Å². The standard InChI is InChI=1S/C12H15NO/c1-4-11-6-5-7-12(10-11)14-9-8-13(2)3/h1,5-7,10H,8-9H2,2-3H3. The van der Waals surface area contributed by atoms with Crippen LogP contribution < -0.4 is 4.74 Å². The third kappa shape index (κ3) is 3.51. The van der Waals surface area contributed by atoms with E-state index in [0.29, 0.717) is 6.61 Å². The molecular formula is C12H15NO. The summed E-state index contributed by atoms with van der Waals surface area (Å²) in [7, 11) is 4.03. The Morgan fingerprint density at radius 2 is 2.21 bits per heavy atom. The van der Waals surface area contributed by atoms with Crippen LogP contribution in [0.3, 0.4) is 0 Å². The van der Waals surface area contributed by atoms with E-state index in [0.717, 1.165) is 17.9 Å². The number of hydrogen-bond donors (Lipinski definition) is 0. The van der Waals surface area contributed by atoms with Crippen LogP contribution in [0.1, 0.15) is 5.56 Å². The van der Waals surface area contributed by atoms with Gasteiger partial charge in [-0.25, -0.2) is 0 Å². The van der Waals surface area contributed by atoms with Crippen LogP contribution in [0, 0.1) is 12.3 Å². The zero-order valence-corrected chi connectivity index (χ0v) is 8.66. The van der Waals surface area contributed by atoms with Crippen molar-refractivity contribution in [2.24, 2.45) is 0 Å². The molecule has 0 N–H and O–H groups in total. The first-order valence-electron chi connectivity index (χ1n) is 4.56. The van der Waals surface area contributed by atoms with Gasteiger partial charge in [-0.3, -0.25) is 0 Å². The summed E-state index contributed by atoms with van der Waals surface area (Å²) in [5, 5.41) is 0. The summed E-state index contributed by atoms with van der Waals surface area (Å²) in [4.78, 5) is 2.07. The zero-order valence-electron chi connectivity index (χ0n) is 8.66. The second-order valence-corrected chi connectivity index (χ2v) is 3.32. The molecule has 0 spiro atoms. The van der Waals surface area contributed by atoms with Crippen molar-refractivity contribution in [2.75, 3.05) is 27.2 Å². The van der Waals surface area contributed by atoms with Gasteiger partial charge in [-0.1, -0.05) is 12.0 Å². The molecule has 0 aliphatic rings. The Balaban J connectivity index is 2.47. The summed E-state index contributed by atoms with van der Waals surface area (Å²) >= 11 is 0. The van der Waals surface area contributed by atoms with E-state index in [-0.39, 0.29) is 0 Å². The summed E-state index contributed by atoms with van der Waals surface area (Å²) in [6.07, 6.45) is 5.28. The molecule has 0 bridgehead atoms. The average Bonchev–Trinajstić information content (AvgIpc) is 2.18. The van der Waals surface area contributed by atoms with E-state index in [1.807, 2.05) is 38.4 Å². The predicted molar refractivity (Wildman–Crippen MR) is 58.4 cm³/mol. The lowest BCUT2D eigenvalue weighted by molar-refractivity contribution is 0.261. The molecule has 2 nitrogen and oxygen atoms in total. The van der Waals surface area contributed by atoms with Gasteiger partial charge in [0, 0.05) is 12.1 Å². The van der Waals surface area contributed by atoms with Crippen LogP contribution in [0.25, 0.3) is 0 Å². The molecule has 1 aromatic carbocycles. The van der Waals surface area contributed by atoms with Gasteiger partial charge in [0.2, 0.25) is 0 Å². The Labute approximate surface area is 85.5 Å². The number of terminal acetylenes is 1. The van der Waals surface area contributed by atoms with Crippen LogP contribution in [0.2, 0.25) is 0 Å². The Bertz CT molecular complexity index is 325. The minimum atomic E-state index is 0.682. The highest BCUT2D eigenvalue weighted by molar-refractivity contribution is 5.38. The molecule has 14 heavy (non-hydrogen) atoms. The molecule has 0 radical (unpaired) electrons. The van der Waals surface area contributed by atoms with Crippen LogP contribution in [0.5, 0.6) is 5.75 Å². The molecule has 0 amide bonds. The van der Waals surface area contributed by atoms with Gasteiger partial charge in [0.05, 0.1) is 0 Å². The SMILES string of the molecule is C#Cc1cccc(OCCN(C)C)c1. The van der Waals surface area contributed by atoms with Crippen molar-refractivity contribution in [2.45, 2.75) is 0 Å². The van der Waals surface area contributed by atoms with Crippen LogP contribution in [-0.2, 0) is 0 Å². The third-order valence-electron chi connectivity index (χ3n) is 1.81. The number of hydrogen-bond acceptors (Lipinski definition) is 2. The zero-order chi connectivity index (χ0) is 10.4. The van der Waals surface area contributed by atoms with Gasteiger partial charge in [0.1, 0.15) is 12.4 Å². The number of nitrogens with zero attached hydrogens (tertiary/aromatic N) is 1. The fourth-order valence-electron chi connectivity index (χ4n) is 1.02. The third-order valence-corrected chi connectivity index (χ3v) is 1.81. The van der Waals surface area contributed by atoms with Gasteiger partial charge < -0.3 is 9.64 Å². The van der Waals surface area contributed by atoms with Crippen LogP contribution >= 0.6 is 0 Å². The van der Waals surface area contributed by atoms with Crippen molar-refractivity contribution in [1.82, 2.24) is 4.90 Å². The topological polar surface area (TPSA) is 12.5 Å². The molecule has 0 fully saturated rings. The number of likely N-dealkylation sites (N-methyl/N-ethyl adjacent to an activating group) is 1. The second-order valence-electron chi connectivity index (χ2n) is 3.32. The van der Waals surface area contributed by atoms with Crippen molar-refractivity contribution >= 4 is 0 Å². The Hall–Kier alpha value is -1.46. The molecule has 1 rings (SSSR count). The molecular weight excluding hydrogens is 174 g/mol. The van der Waals surface area contributed by atoms with Crippen LogP contribution in [0.15, 0.2) is 24.3 Å². The second kappa shape index (κ2) is 5.31. The number of ether oxygens (including phenoxy) is 1. The largest absolute Gasteiger partial charge is 0.492 e. The van der Waals surface area contributed by atoms with E-state index in [1.54, 1.807) is 0 Å². The van der Waals surface area contributed by atoms with Crippen molar-refractivity contribution in [3.05, 3.63) is 29.8 Å². The normalized spacial score (nSPS) is 9.86. The van der Waals surface area contributed by atoms with Gasteiger partial charge in [-0.2, -0.15) is 0 Å². The minimum Gasteiger partial charge on any atom is -0.492 e. The van der Waals surface area contributed by atoms with Crippen molar-refractivity contribution in [3.8, 4) is 18.1 Å². The van der Waals surface area contributed by atoms with Gasteiger partial charge in [0.15, 0.2) is 0 Å². The molecule has 0 saturated carbocycles. The molecule has 0 saturated heterocycles. The van der Waals surface area contributed by atoms with Crippen molar-refractivity contribution in [3.63, 3.8) is 0 Å². The lowest BCUT2D eigenvalue weighted by atomic mass is 10.2. The first-order valence-corrected chi connectivity index (χ1v) is 4.56. The molecule has 74 valence electrons. The molecule has 0 aliphatic carbocycles. The van der Waals surface area contributed by atoms with E-state index in [4.69, 9.17) is 11.2 Å². The van der Waals surface area contributed by atoms with Gasteiger partial charge in [-0.05, 0) is 32.3 Å². The summed E-state index contributed by atoms with van der Waals surface area (Å²) in [5.41, 5.74) is 0.854. The molecule has 2 heteroatoms. The lowest BCUT2D eigenvalue weighted by Crippen LogP contribution is -2.19. The molecule has 0 aromatic heterocycles. The quantitative estimate of drug-likeness (QED) is 0.667. The molecule has 0 atom stereocenters. The average molecular weight is 189 g/mol. The van der Waals surface area contributed by atoms with Crippen LogP contribution in [0.4, 0.5) is 0 Å². The van der Waals surface area contributed by atoms with E-state index in [2.05, 4.69) is 10.8 Å². The van der Waals surface area contributed by atoms with Gasteiger partial charge in [-0.15, -0.1) is 6.42 Å². The maximum atomic E-state index is 5.52. The summed E-state index contributed by atoms with van der Waals surface area (Å²) < 4.78 is 5.52. The fourth-order valence-corrected chi connectivity index (χ4v) is 1.02. The fraction of sp³-hybridized carbons (Fsp3) is 0.333. The highest BCUT2D eigenvalue weighted by Gasteiger charge is 1.95. The highest BCUT2D eigenvalue weighted by Crippen LogP contribution is 2.12. The van der Waals surface area contributed by atoms with E-state index in [9.17, 15) is 0 Å². The Kier molecular flexibility index (Phi) is 4.03. The summed E-state index contributed by atoms with van der Waals surface area (Å²) in [6.45, 7) is 1.58. The number of rotatable bonds is 4. The Morgan fingerprint density at radius 3 is 2.86 bits per heavy atom. The maximum Gasteiger partial charge on any atom is 0.120 e. The molecule has 0 aliphatic heterocycles. The summed E-state index contributed by atoms with van der Waals surface area (Å²) in [5.74, 6) is 3.41. The van der Waals surface area contributed by atoms with E-state index in [1.165, 1.54) is 0 Å². The summed E-state index contributed by atoms with van der Waals surface area (Å²) in [6, 6.07) is 7.57. The number of benzene rings is 1. The predicted octanol–water partition coefficient (Wildman–Crippen LogP) is 1.61. The lowest BCUT2D eigenvalue weighted by Gasteiger charge is -2.10. The van der Waals surface area contributed by atoms with Gasteiger partial charge in [0.25, 0.3) is 0 Å². The Morgan fingerprint density at radius 1 is 1.43 bits per heavy atom. The highest BCUT2D eigenvalue weighted by atomic mass is 16.5. The first-order chi connectivity index (χ1) is 6.72. The molecule has 0 heterocycles. The first kappa shape index (κ1) is 10.6. The maximum absolute atomic E-state index is 5.52. The van der Waals surface area contributed by atoms with E-state index >= 15 is 0 Å². The monoisotopic (exact) mass is 189 g/mol. The van der Waals surface area contributed by atoms with E-state index < -0.39 is 0 Å². The molecule has 1 aromatic rings. The smallest absolute Gasteiger partial charge is 0.120 e. The van der Waals surface area contributed by atoms with Gasteiger partial charge >= 0.3 is 0 Å².